The van der Waals surface area contributed by atoms with E-state index in [4.69, 9.17) is 0 Å². The SMILES string of the molecule is Br.Oc1cccc(C23CCCC2CN(CCc2ccccc2)CC3)c1. The van der Waals surface area contributed by atoms with Gasteiger partial charge in [0.1, 0.15) is 5.75 Å². The molecule has 1 N–H and O–H groups in total. The minimum atomic E-state index is 0. The lowest BCUT2D eigenvalue weighted by atomic mass is 9.67. The van der Waals surface area contributed by atoms with Gasteiger partial charge < -0.3 is 10.0 Å². The molecule has 0 amide bonds. The number of aromatic hydroxyl groups is 1. The molecule has 2 atom stereocenters. The number of hydrogen-bond donors (Lipinski definition) is 1. The molecule has 2 fully saturated rings. The average Bonchev–Trinajstić information content (AvgIpc) is 3.05. The maximum absolute atomic E-state index is 9.91. The second-order valence-electron chi connectivity index (χ2n) is 7.58. The monoisotopic (exact) mass is 401 g/mol. The predicted molar refractivity (Wildman–Crippen MR) is 109 cm³/mol. The van der Waals surface area contributed by atoms with Gasteiger partial charge in [0.15, 0.2) is 0 Å². The molecule has 4 rings (SSSR count). The van der Waals surface area contributed by atoms with Crippen LogP contribution in [0.5, 0.6) is 5.75 Å². The molecule has 2 aromatic carbocycles. The lowest BCUT2D eigenvalue weighted by Gasteiger charge is -2.45. The number of likely N-dealkylation sites (tertiary alicyclic amines) is 1. The number of hydrogen-bond acceptors (Lipinski definition) is 2. The van der Waals surface area contributed by atoms with Crippen LogP contribution in [0.4, 0.5) is 0 Å². The van der Waals surface area contributed by atoms with Gasteiger partial charge in [-0.15, -0.1) is 17.0 Å². The van der Waals surface area contributed by atoms with Crippen LogP contribution in [0.1, 0.15) is 36.8 Å². The number of phenolic OH excluding ortho intramolecular Hbond substituents is 1. The number of rotatable bonds is 4. The lowest BCUT2D eigenvalue weighted by Crippen LogP contribution is -2.47. The van der Waals surface area contributed by atoms with E-state index in [-0.39, 0.29) is 17.0 Å². The zero-order chi connectivity index (χ0) is 16.4. The third-order valence-corrected chi connectivity index (χ3v) is 6.29. The first-order valence-electron chi connectivity index (χ1n) is 9.32. The highest BCUT2D eigenvalue weighted by molar-refractivity contribution is 8.93. The molecule has 1 aliphatic carbocycles. The summed E-state index contributed by atoms with van der Waals surface area (Å²) in [5, 5.41) is 9.91. The molecule has 25 heavy (non-hydrogen) atoms. The summed E-state index contributed by atoms with van der Waals surface area (Å²) in [6, 6.07) is 18.9. The molecule has 2 nitrogen and oxygen atoms in total. The van der Waals surface area contributed by atoms with E-state index in [2.05, 4.69) is 41.3 Å². The summed E-state index contributed by atoms with van der Waals surface area (Å²) in [6.45, 7) is 3.55. The molecular weight excluding hydrogens is 374 g/mol. The number of fused-ring (bicyclic) bond motifs is 1. The molecule has 1 saturated carbocycles. The van der Waals surface area contributed by atoms with E-state index in [1.807, 2.05) is 12.1 Å². The van der Waals surface area contributed by atoms with Crippen molar-refractivity contribution < 1.29 is 5.11 Å². The molecule has 0 radical (unpaired) electrons. The second-order valence-corrected chi connectivity index (χ2v) is 7.58. The topological polar surface area (TPSA) is 23.5 Å². The van der Waals surface area contributed by atoms with Crippen molar-refractivity contribution in [2.45, 2.75) is 37.5 Å². The summed E-state index contributed by atoms with van der Waals surface area (Å²) in [6.07, 6.45) is 6.32. The molecule has 1 heterocycles. The summed E-state index contributed by atoms with van der Waals surface area (Å²) in [5.41, 5.74) is 3.11. The Morgan fingerprint density at radius 1 is 1.04 bits per heavy atom. The lowest BCUT2D eigenvalue weighted by molar-refractivity contribution is 0.112. The molecule has 0 aromatic heterocycles. The van der Waals surface area contributed by atoms with Crippen molar-refractivity contribution in [1.82, 2.24) is 4.90 Å². The van der Waals surface area contributed by atoms with Gasteiger partial charge in [-0.05, 0) is 61.4 Å². The molecule has 3 heteroatoms. The van der Waals surface area contributed by atoms with Crippen LogP contribution < -0.4 is 0 Å². The summed E-state index contributed by atoms with van der Waals surface area (Å²) in [4.78, 5) is 2.66. The number of benzene rings is 2. The number of nitrogens with zero attached hydrogens (tertiary/aromatic N) is 1. The van der Waals surface area contributed by atoms with Crippen molar-refractivity contribution in [1.29, 1.82) is 0 Å². The van der Waals surface area contributed by atoms with Gasteiger partial charge in [-0.1, -0.05) is 48.9 Å². The molecule has 0 spiro atoms. The largest absolute Gasteiger partial charge is 0.508 e. The molecule has 2 unspecified atom stereocenters. The highest BCUT2D eigenvalue weighted by Crippen LogP contribution is 2.51. The van der Waals surface area contributed by atoms with E-state index in [1.165, 1.54) is 49.9 Å². The van der Waals surface area contributed by atoms with E-state index < -0.39 is 0 Å². The van der Waals surface area contributed by atoms with Gasteiger partial charge in [-0.2, -0.15) is 0 Å². The van der Waals surface area contributed by atoms with Crippen molar-refractivity contribution >= 4 is 17.0 Å². The third-order valence-electron chi connectivity index (χ3n) is 6.29. The molecule has 2 aromatic rings. The zero-order valence-corrected chi connectivity index (χ0v) is 16.4. The molecular formula is C22H28BrNO. The highest BCUT2D eigenvalue weighted by atomic mass is 79.9. The minimum Gasteiger partial charge on any atom is -0.508 e. The molecule has 1 saturated heterocycles. The molecule has 2 aliphatic rings. The smallest absolute Gasteiger partial charge is 0.115 e. The fourth-order valence-electron chi connectivity index (χ4n) is 4.98. The average molecular weight is 402 g/mol. The van der Waals surface area contributed by atoms with Crippen LogP contribution in [0.25, 0.3) is 0 Å². The van der Waals surface area contributed by atoms with Crippen LogP contribution in [-0.2, 0) is 11.8 Å². The molecule has 1 aliphatic heterocycles. The van der Waals surface area contributed by atoms with Crippen molar-refractivity contribution in [3.8, 4) is 5.75 Å². The Labute approximate surface area is 161 Å². The van der Waals surface area contributed by atoms with Gasteiger partial charge in [0.25, 0.3) is 0 Å². The van der Waals surface area contributed by atoms with Crippen LogP contribution in [0.15, 0.2) is 54.6 Å². The Hall–Kier alpha value is -1.32. The van der Waals surface area contributed by atoms with Crippen molar-refractivity contribution in [2.75, 3.05) is 19.6 Å². The number of halogens is 1. The van der Waals surface area contributed by atoms with Gasteiger partial charge >= 0.3 is 0 Å². The Kier molecular flexibility index (Phi) is 5.85. The third kappa shape index (κ3) is 3.78. The molecule has 134 valence electrons. The van der Waals surface area contributed by atoms with Crippen molar-refractivity contribution in [3.63, 3.8) is 0 Å². The Morgan fingerprint density at radius 2 is 1.88 bits per heavy atom. The first-order chi connectivity index (χ1) is 11.8. The Balaban J connectivity index is 0.00000182. The number of phenols is 1. The Bertz CT molecular complexity index is 689. The fourth-order valence-corrected chi connectivity index (χ4v) is 4.98. The van der Waals surface area contributed by atoms with E-state index in [0.29, 0.717) is 11.2 Å². The van der Waals surface area contributed by atoms with E-state index >= 15 is 0 Å². The van der Waals surface area contributed by atoms with Gasteiger partial charge in [0.2, 0.25) is 0 Å². The maximum atomic E-state index is 9.91. The second kappa shape index (κ2) is 7.92. The van der Waals surface area contributed by atoms with Crippen molar-refractivity contribution in [3.05, 3.63) is 65.7 Å². The quantitative estimate of drug-likeness (QED) is 0.782. The van der Waals surface area contributed by atoms with E-state index in [1.54, 1.807) is 6.07 Å². The summed E-state index contributed by atoms with van der Waals surface area (Å²) in [7, 11) is 0. The van der Waals surface area contributed by atoms with E-state index in [9.17, 15) is 5.11 Å². The normalized spacial score (nSPS) is 26.0. The van der Waals surface area contributed by atoms with Crippen LogP contribution >= 0.6 is 17.0 Å². The first-order valence-corrected chi connectivity index (χ1v) is 9.32. The standard InChI is InChI=1S/C22H27NO.BrH/c24-21-10-4-8-19(16-21)22-12-5-9-20(22)17-23(15-13-22)14-11-18-6-2-1-3-7-18;/h1-4,6-8,10,16,20,24H,5,9,11-15,17H2;1H. The maximum Gasteiger partial charge on any atom is 0.115 e. The minimum absolute atomic E-state index is 0. The van der Waals surface area contributed by atoms with Gasteiger partial charge in [0, 0.05) is 18.5 Å². The van der Waals surface area contributed by atoms with Crippen LogP contribution in [0.2, 0.25) is 0 Å². The van der Waals surface area contributed by atoms with E-state index in [0.717, 1.165) is 18.9 Å². The summed E-state index contributed by atoms with van der Waals surface area (Å²) in [5.74, 6) is 1.16. The van der Waals surface area contributed by atoms with Crippen LogP contribution in [0.3, 0.4) is 0 Å². The summed E-state index contributed by atoms with van der Waals surface area (Å²) >= 11 is 0. The van der Waals surface area contributed by atoms with Gasteiger partial charge in [-0.25, -0.2) is 0 Å². The Morgan fingerprint density at radius 3 is 2.68 bits per heavy atom. The van der Waals surface area contributed by atoms with Crippen LogP contribution in [0, 0.1) is 5.92 Å². The van der Waals surface area contributed by atoms with Crippen molar-refractivity contribution in [2.24, 2.45) is 5.92 Å². The van der Waals surface area contributed by atoms with Crippen LogP contribution in [-0.4, -0.2) is 29.6 Å². The summed E-state index contributed by atoms with van der Waals surface area (Å²) < 4.78 is 0. The highest BCUT2D eigenvalue weighted by Gasteiger charge is 2.47. The number of piperidine rings is 1. The van der Waals surface area contributed by atoms with Gasteiger partial charge in [0.05, 0.1) is 0 Å². The molecule has 0 bridgehead atoms. The predicted octanol–water partition coefficient (Wildman–Crippen LogP) is 4.96. The first kappa shape index (κ1) is 18.5. The van der Waals surface area contributed by atoms with Gasteiger partial charge in [-0.3, -0.25) is 0 Å². The zero-order valence-electron chi connectivity index (χ0n) is 14.7. The fraction of sp³-hybridized carbons (Fsp3) is 0.455.